The molecule has 1 aromatic heterocycles. The molecule has 0 saturated heterocycles. The summed E-state index contributed by atoms with van der Waals surface area (Å²) in [5, 5.41) is 4.02. The van der Waals surface area contributed by atoms with Gasteiger partial charge in [0.15, 0.2) is 5.82 Å². The van der Waals surface area contributed by atoms with Gasteiger partial charge < -0.3 is 4.52 Å². The first-order valence-corrected chi connectivity index (χ1v) is 8.56. The van der Waals surface area contributed by atoms with Crippen LogP contribution in [0.1, 0.15) is 37.0 Å². The Morgan fingerprint density at radius 1 is 1.19 bits per heavy atom. The number of hydrogen-bond acceptors (Lipinski definition) is 5. The van der Waals surface area contributed by atoms with Gasteiger partial charge in [-0.15, -0.1) is 11.8 Å². The van der Waals surface area contributed by atoms with Crippen molar-refractivity contribution >= 4 is 11.8 Å². The van der Waals surface area contributed by atoms with Crippen molar-refractivity contribution in [3.63, 3.8) is 0 Å². The predicted molar refractivity (Wildman–Crippen MR) is 86.3 cm³/mol. The summed E-state index contributed by atoms with van der Waals surface area (Å²) in [4.78, 5) is 7.91. The number of nitrogens with zero attached hydrogens (tertiary/aromatic N) is 3. The van der Waals surface area contributed by atoms with Crippen molar-refractivity contribution in [3.8, 4) is 0 Å². The zero-order valence-corrected chi connectivity index (χ0v) is 13.8. The molecule has 0 atom stereocenters. The summed E-state index contributed by atoms with van der Waals surface area (Å²) < 4.78 is 5.30. The molecule has 4 nitrogen and oxygen atoms in total. The highest BCUT2D eigenvalue weighted by Gasteiger charge is 2.09. The molecule has 0 radical (unpaired) electrons. The number of unbranched alkanes of at least 4 members (excludes halogenated alkanes) is 1. The van der Waals surface area contributed by atoms with E-state index in [1.807, 2.05) is 0 Å². The van der Waals surface area contributed by atoms with Crippen LogP contribution in [-0.4, -0.2) is 28.3 Å². The Labute approximate surface area is 130 Å². The summed E-state index contributed by atoms with van der Waals surface area (Å²) >= 11 is 1.76. The lowest BCUT2D eigenvalue weighted by Crippen LogP contribution is -2.17. The largest absolute Gasteiger partial charge is 0.338 e. The lowest BCUT2D eigenvalue weighted by Gasteiger charge is -2.14. The van der Waals surface area contributed by atoms with Gasteiger partial charge in [0.05, 0.1) is 6.54 Å². The van der Waals surface area contributed by atoms with E-state index in [1.165, 1.54) is 10.5 Å². The molecule has 1 heterocycles. The third-order valence-electron chi connectivity index (χ3n) is 3.28. The summed E-state index contributed by atoms with van der Waals surface area (Å²) in [7, 11) is 2.07. The van der Waals surface area contributed by atoms with Gasteiger partial charge in [0, 0.05) is 17.9 Å². The molecule has 2 rings (SSSR count). The third-order valence-corrected chi connectivity index (χ3v) is 4.02. The van der Waals surface area contributed by atoms with Gasteiger partial charge in [-0.1, -0.05) is 30.6 Å². The molecule has 1 aromatic carbocycles. The van der Waals surface area contributed by atoms with Crippen molar-refractivity contribution in [3.05, 3.63) is 41.5 Å². The predicted octanol–water partition coefficient (Wildman–Crippen LogP) is 3.77. The van der Waals surface area contributed by atoms with Gasteiger partial charge >= 0.3 is 0 Å². The molecule has 0 saturated carbocycles. The van der Waals surface area contributed by atoms with Crippen LogP contribution in [0, 0.1) is 0 Å². The number of benzene rings is 1. The van der Waals surface area contributed by atoms with E-state index in [2.05, 4.69) is 59.5 Å². The smallest absolute Gasteiger partial charge is 0.240 e. The quantitative estimate of drug-likeness (QED) is 0.695. The van der Waals surface area contributed by atoms with Crippen LogP contribution in [-0.2, 0) is 19.5 Å². The van der Waals surface area contributed by atoms with Crippen molar-refractivity contribution in [2.45, 2.75) is 44.2 Å². The highest BCUT2D eigenvalue weighted by Crippen LogP contribution is 2.16. The van der Waals surface area contributed by atoms with Crippen molar-refractivity contribution in [2.24, 2.45) is 0 Å². The molecule has 0 aliphatic rings. The molecule has 0 fully saturated rings. The van der Waals surface area contributed by atoms with Gasteiger partial charge in [-0.25, -0.2) is 0 Å². The fourth-order valence-electron chi connectivity index (χ4n) is 2.12. The van der Waals surface area contributed by atoms with Crippen LogP contribution in [0.4, 0.5) is 0 Å². The van der Waals surface area contributed by atoms with Crippen molar-refractivity contribution in [2.75, 3.05) is 13.3 Å². The van der Waals surface area contributed by atoms with Crippen LogP contribution >= 0.6 is 11.8 Å². The van der Waals surface area contributed by atoms with Crippen LogP contribution in [0.5, 0.6) is 0 Å². The Morgan fingerprint density at radius 3 is 2.62 bits per heavy atom. The maximum absolute atomic E-state index is 5.30. The standard InChI is InChI=1S/C16H23N3OS/c1-4-5-6-15-17-16(20-18-15)12-19(2)11-13-7-9-14(21-3)10-8-13/h7-10H,4-6,11-12H2,1-3H3. The molecule has 0 amide bonds. The first-order valence-electron chi connectivity index (χ1n) is 7.34. The van der Waals surface area contributed by atoms with E-state index < -0.39 is 0 Å². The highest BCUT2D eigenvalue weighted by molar-refractivity contribution is 7.98. The van der Waals surface area contributed by atoms with E-state index in [4.69, 9.17) is 4.52 Å². The molecular formula is C16H23N3OS. The molecule has 2 aromatic rings. The van der Waals surface area contributed by atoms with Crippen LogP contribution < -0.4 is 0 Å². The first-order chi connectivity index (χ1) is 10.2. The highest BCUT2D eigenvalue weighted by atomic mass is 32.2. The summed E-state index contributed by atoms with van der Waals surface area (Å²) in [6.45, 7) is 3.72. The Kier molecular flexibility index (Phi) is 6.26. The van der Waals surface area contributed by atoms with E-state index in [9.17, 15) is 0 Å². The van der Waals surface area contributed by atoms with E-state index in [0.717, 1.165) is 31.6 Å². The SMILES string of the molecule is CCCCc1noc(CN(C)Cc2ccc(SC)cc2)n1. The normalized spacial score (nSPS) is 11.2. The molecule has 114 valence electrons. The lowest BCUT2D eigenvalue weighted by atomic mass is 10.2. The van der Waals surface area contributed by atoms with E-state index >= 15 is 0 Å². The minimum atomic E-state index is 0.684. The number of rotatable bonds is 8. The monoisotopic (exact) mass is 305 g/mol. The van der Waals surface area contributed by atoms with Gasteiger partial charge in [-0.3, -0.25) is 4.90 Å². The fraction of sp³-hybridized carbons (Fsp3) is 0.500. The van der Waals surface area contributed by atoms with Gasteiger partial charge in [-0.05, 0) is 37.4 Å². The van der Waals surface area contributed by atoms with Crippen LogP contribution in [0.3, 0.4) is 0 Å². The van der Waals surface area contributed by atoms with E-state index in [-0.39, 0.29) is 0 Å². The number of aromatic nitrogens is 2. The topological polar surface area (TPSA) is 42.2 Å². The first kappa shape index (κ1) is 16.0. The van der Waals surface area contributed by atoms with Crippen molar-refractivity contribution in [1.29, 1.82) is 0 Å². The molecule has 21 heavy (non-hydrogen) atoms. The number of hydrogen-bond donors (Lipinski definition) is 0. The molecule has 0 unspecified atom stereocenters. The molecule has 0 aliphatic carbocycles. The van der Waals surface area contributed by atoms with Gasteiger partial charge in [0.25, 0.3) is 0 Å². The van der Waals surface area contributed by atoms with Gasteiger partial charge in [0.1, 0.15) is 0 Å². The zero-order chi connectivity index (χ0) is 15.1. The summed E-state index contributed by atoms with van der Waals surface area (Å²) in [6, 6.07) is 8.65. The second kappa shape index (κ2) is 8.20. The molecule has 0 aliphatic heterocycles. The summed E-state index contributed by atoms with van der Waals surface area (Å²) in [6.07, 6.45) is 5.25. The van der Waals surface area contributed by atoms with Crippen LogP contribution in [0.15, 0.2) is 33.7 Å². The number of thioether (sulfide) groups is 1. The minimum absolute atomic E-state index is 0.684. The number of aryl methyl sites for hydroxylation is 1. The second-order valence-electron chi connectivity index (χ2n) is 5.23. The third kappa shape index (κ3) is 5.17. The van der Waals surface area contributed by atoms with E-state index in [1.54, 1.807) is 11.8 Å². The maximum Gasteiger partial charge on any atom is 0.240 e. The average molecular weight is 305 g/mol. The molecular weight excluding hydrogens is 282 g/mol. The van der Waals surface area contributed by atoms with Crippen molar-refractivity contribution < 1.29 is 4.52 Å². The molecule has 0 bridgehead atoms. The Morgan fingerprint density at radius 2 is 1.95 bits per heavy atom. The minimum Gasteiger partial charge on any atom is -0.338 e. The molecule has 0 spiro atoms. The van der Waals surface area contributed by atoms with Gasteiger partial charge in [-0.2, -0.15) is 4.98 Å². The Bertz CT molecular complexity index is 539. The van der Waals surface area contributed by atoms with Crippen LogP contribution in [0.25, 0.3) is 0 Å². The second-order valence-corrected chi connectivity index (χ2v) is 6.11. The molecule has 0 N–H and O–H groups in total. The maximum atomic E-state index is 5.30. The Hall–Kier alpha value is -1.33. The van der Waals surface area contributed by atoms with Gasteiger partial charge in [0.2, 0.25) is 5.89 Å². The summed E-state index contributed by atoms with van der Waals surface area (Å²) in [5.41, 5.74) is 1.29. The average Bonchev–Trinajstić information content (AvgIpc) is 2.93. The van der Waals surface area contributed by atoms with Crippen molar-refractivity contribution in [1.82, 2.24) is 15.0 Å². The van der Waals surface area contributed by atoms with E-state index in [0.29, 0.717) is 12.4 Å². The Balaban J connectivity index is 1.85. The summed E-state index contributed by atoms with van der Waals surface area (Å²) in [5.74, 6) is 1.52. The van der Waals surface area contributed by atoms with Crippen LogP contribution in [0.2, 0.25) is 0 Å². The molecule has 5 heteroatoms. The zero-order valence-electron chi connectivity index (χ0n) is 13.0. The lowest BCUT2D eigenvalue weighted by molar-refractivity contribution is 0.260. The fourth-order valence-corrected chi connectivity index (χ4v) is 2.53.